The normalized spacial score (nSPS) is 19.4. The Morgan fingerprint density at radius 1 is 1.08 bits per heavy atom. The Bertz CT molecular complexity index is 713. The van der Waals surface area contributed by atoms with E-state index in [0.717, 1.165) is 0 Å². The molecular formula is C17H28BNO5S. The van der Waals surface area contributed by atoms with E-state index in [1.807, 2.05) is 41.5 Å². The predicted octanol–water partition coefficient (Wildman–Crippen LogP) is 2.02. The predicted molar refractivity (Wildman–Crippen MR) is 98.8 cm³/mol. The van der Waals surface area contributed by atoms with Gasteiger partial charge in [0.15, 0.2) is 0 Å². The first-order valence-electron chi connectivity index (χ1n) is 8.54. The molecule has 2 rings (SSSR count). The van der Waals surface area contributed by atoms with Crippen LogP contribution in [0.25, 0.3) is 0 Å². The molecule has 0 N–H and O–H groups in total. The second kappa shape index (κ2) is 6.91. The van der Waals surface area contributed by atoms with E-state index in [9.17, 15) is 8.42 Å². The molecule has 0 unspecified atom stereocenters. The zero-order valence-electron chi connectivity index (χ0n) is 16.1. The fraction of sp³-hybridized carbons (Fsp3) is 0.647. The summed E-state index contributed by atoms with van der Waals surface area (Å²) in [5.41, 5.74) is -0.324. The maximum absolute atomic E-state index is 13.0. The minimum Gasteiger partial charge on any atom is -0.495 e. The van der Waals surface area contributed by atoms with E-state index in [4.69, 9.17) is 14.0 Å². The lowest BCUT2D eigenvalue weighted by Gasteiger charge is -2.32. The summed E-state index contributed by atoms with van der Waals surface area (Å²) in [6, 6.07) is 5.02. The average molecular weight is 369 g/mol. The molecule has 0 aliphatic carbocycles. The number of rotatable bonds is 6. The first-order valence-corrected chi connectivity index (χ1v) is 9.98. The topological polar surface area (TPSA) is 65.1 Å². The molecule has 1 aromatic carbocycles. The van der Waals surface area contributed by atoms with E-state index in [-0.39, 0.29) is 4.90 Å². The third-order valence-electron chi connectivity index (χ3n) is 5.04. The van der Waals surface area contributed by atoms with E-state index < -0.39 is 28.3 Å². The summed E-state index contributed by atoms with van der Waals surface area (Å²) in [7, 11) is -2.82. The molecule has 1 aliphatic heterocycles. The number of hydrogen-bond donors (Lipinski definition) is 0. The first kappa shape index (κ1) is 20.2. The Morgan fingerprint density at radius 2 is 1.60 bits per heavy atom. The van der Waals surface area contributed by atoms with E-state index in [0.29, 0.717) is 24.3 Å². The minimum absolute atomic E-state index is 0.130. The van der Waals surface area contributed by atoms with Crippen LogP contribution in [-0.4, -0.2) is 51.2 Å². The molecule has 140 valence electrons. The van der Waals surface area contributed by atoms with Crippen molar-refractivity contribution >= 4 is 22.6 Å². The van der Waals surface area contributed by atoms with Crippen LogP contribution in [0.5, 0.6) is 5.75 Å². The summed E-state index contributed by atoms with van der Waals surface area (Å²) in [6.45, 7) is 12.3. The van der Waals surface area contributed by atoms with Crippen molar-refractivity contribution in [3.8, 4) is 5.75 Å². The molecule has 6 nitrogen and oxygen atoms in total. The van der Waals surface area contributed by atoms with Crippen molar-refractivity contribution in [2.24, 2.45) is 0 Å². The maximum atomic E-state index is 13.0. The molecule has 1 heterocycles. The standard InChI is InChI=1S/C17H28BNO5S/c1-8-19(9-2)25(20,21)15-12-13(10-11-14(15)22-7)18-23-16(3,4)17(5,6)24-18/h10-12H,8-9H2,1-7H3. The molecule has 0 saturated carbocycles. The Balaban J connectivity index is 2.49. The number of benzene rings is 1. The SMILES string of the molecule is CCN(CC)S(=O)(=O)c1cc(B2OC(C)(C)C(C)(C)O2)ccc1OC. The van der Waals surface area contributed by atoms with Gasteiger partial charge in [0.1, 0.15) is 10.6 Å². The van der Waals surface area contributed by atoms with Gasteiger partial charge in [0.25, 0.3) is 0 Å². The van der Waals surface area contributed by atoms with Crippen LogP contribution in [0, 0.1) is 0 Å². The van der Waals surface area contributed by atoms with E-state index in [2.05, 4.69) is 0 Å². The van der Waals surface area contributed by atoms with Crippen LogP contribution in [0.3, 0.4) is 0 Å². The molecule has 0 spiro atoms. The van der Waals surface area contributed by atoms with Crippen LogP contribution >= 0.6 is 0 Å². The number of nitrogens with zero attached hydrogens (tertiary/aromatic N) is 1. The smallest absolute Gasteiger partial charge is 0.494 e. The third kappa shape index (κ3) is 3.58. The van der Waals surface area contributed by atoms with Crippen LogP contribution in [0.2, 0.25) is 0 Å². The Kier molecular flexibility index (Phi) is 5.59. The second-order valence-electron chi connectivity index (χ2n) is 7.09. The van der Waals surface area contributed by atoms with Gasteiger partial charge in [-0.1, -0.05) is 19.9 Å². The zero-order valence-corrected chi connectivity index (χ0v) is 16.9. The monoisotopic (exact) mass is 369 g/mol. The highest BCUT2D eigenvalue weighted by Crippen LogP contribution is 2.37. The van der Waals surface area contributed by atoms with Crippen molar-refractivity contribution < 1.29 is 22.5 Å². The van der Waals surface area contributed by atoms with Crippen molar-refractivity contribution in [1.29, 1.82) is 0 Å². The summed E-state index contributed by atoms with van der Waals surface area (Å²) in [5, 5.41) is 0. The Morgan fingerprint density at radius 3 is 2.04 bits per heavy atom. The molecule has 1 fully saturated rings. The van der Waals surface area contributed by atoms with Crippen LogP contribution < -0.4 is 10.2 Å². The van der Waals surface area contributed by atoms with Gasteiger partial charge in [-0.05, 0) is 45.3 Å². The fourth-order valence-corrected chi connectivity index (χ4v) is 4.37. The number of sulfonamides is 1. The summed E-state index contributed by atoms with van der Waals surface area (Å²) < 4.78 is 44.7. The summed E-state index contributed by atoms with van der Waals surface area (Å²) in [5.74, 6) is 0.312. The molecule has 0 bridgehead atoms. The maximum Gasteiger partial charge on any atom is 0.494 e. The van der Waals surface area contributed by atoms with Crippen LogP contribution in [-0.2, 0) is 19.3 Å². The summed E-state index contributed by atoms with van der Waals surface area (Å²) in [6.07, 6.45) is 0. The third-order valence-corrected chi connectivity index (χ3v) is 7.11. The van der Waals surface area contributed by atoms with Gasteiger partial charge in [0.2, 0.25) is 10.0 Å². The lowest BCUT2D eigenvalue weighted by atomic mass is 9.79. The van der Waals surface area contributed by atoms with Crippen LogP contribution in [0.1, 0.15) is 41.5 Å². The lowest BCUT2D eigenvalue weighted by Crippen LogP contribution is -2.41. The summed E-state index contributed by atoms with van der Waals surface area (Å²) >= 11 is 0. The first-order chi connectivity index (χ1) is 11.5. The average Bonchev–Trinajstić information content (AvgIpc) is 2.75. The van der Waals surface area contributed by atoms with E-state index >= 15 is 0 Å². The quantitative estimate of drug-likeness (QED) is 0.718. The minimum atomic E-state index is -3.66. The molecule has 0 radical (unpaired) electrons. The zero-order chi connectivity index (χ0) is 19.0. The largest absolute Gasteiger partial charge is 0.495 e. The summed E-state index contributed by atoms with van der Waals surface area (Å²) in [4.78, 5) is 0.130. The van der Waals surface area contributed by atoms with Gasteiger partial charge < -0.3 is 14.0 Å². The Labute approximate surface area is 151 Å². The molecule has 0 amide bonds. The van der Waals surface area contributed by atoms with Crippen molar-refractivity contribution in [2.45, 2.75) is 57.6 Å². The van der Waals surface area contributed by atoms with Gasteiger partial charge in [-0.2, -0.15) is 4.31 Å². The van der Waals surface area contributed by atoms with Crippen molar-refractivity contribution in [1.82, 2.24) is 4.31 Å². The highest BCUT2D eigenvalue weighted by molar-refractivity contribution is 7.89. The highest BCUT2D eigenvalue weighted by Gasteiger charge is 2.52. The van der Waals surface area contributed by atoms with Gasteiger partial charge in [-0.15, -0.1) is 0 Å². The van der Waals surface area contributed by atoms with E-state index in [1.54, 1.807) is 18.2 Å². The number of hydrogen-bond acceptors (Lipinski definition) is 5. The molecule has 0 aromatic heterocycles. The van der Waals surface area contributed by atoms with Crippen molar-refractivity contribution in [3.63, 3.8) is 0 Å². The van der Waals surface area contributed by atoms with Crippen LogP contribution in [0.15, 0.2) is 23.1 Å². The van der Waals surface area contributed by atoms with Crippen molar-refractivity contribution in [3.05, 3.63) is 18.2 Å². The molecule has 1 saturated heterocycles. The molecule has 1 aliphatic rings. The van der Waals surface area contributed by atoms with Gasteiger partial charge in [-0.25, -0.2) is 8.42 Å². The molecule has 1 aromatic rings. The number of ether oxygens (including phenoxy) is 1. The number of methoxy groups -OCH3 is 1. The fourth-order valence-electron chi connectivity index (χ4n) is 2.72. The molecule has 25 heavy (non-hydrogen) atoms. The van der Waals surface area contributed by atoms with E-state index in [1.165, 1.54) is 11.4 Å². The van der Waals surface area contributed by atoms with Crippen molar-refractivity contribution in [2.75, 3.05) is 20.2 Å². The van der Waals surface area contributed by atoms with Gasteiger partial charge in [0.05, 0.1) is 18.3 Å². The molecule has 8 heteroatoms. The molecular weight excluding hydrogens is 341 g/mol. The highest BCUT2D eigenvalue weighted by atomic mass is 32.2. The lowest BCUT2D eigenvalue weighted by molar-refractivity contribution is 0.00578. The van der Waals surface area contributed by atoms with Gasteiger partial charge in [0, 0.05) is 13.1 Å². The van der Waals surface area contributed by atoms with Crippen LogP contribution in [0.4, 0.5) is 0 Å². The second-order valence-corrected chi connectivity index (χ2v) is 8.99. The van der Waals surface area contributed by atoms with Gasteiger partial charge >= 0.3 is 7.12 Å². The molecule has 0 atom stereocenters. The van der Waals surface area contributed by atoms with Gasteiger partial charge in [-0.3, -0.25) is 0 Å². The Hall–Kier alpha value is -1.09.